The van der Waals surface area contributed by atoms with Gasteiger partial charge in [0.05, 0.1) is 10.6 Å². The fraction of sp³-hybridized carbons (Fsp3) is 0.231. The third-order valence-electron chi connectivity index (χ3n) is 2.36. The number of carbonyl (C=O) groups is 2. The van der Waals surface area contributed by atoms with Crippen molar-refractivity contribution < 1.29 is 14.7 Å². The van der Waals surface area contributed by atoms with Gasteiger partial charge >= 0.3 is 5.97 Å². The van der Waals surface area contributed by atoms with E-state index < -0.39 is 17.9 Å². The largest absolute Gasteiger partial charge is 0.480 e. The second-order valence-corrected chi connectivity index (χ2v) is 4.09. The summed E-state index contributed by atoms with van der Waals surface area (Å²) in [6.07, 6.45) is 4.97. The number of halogens is 1. The van der Waals surface area contributed by atoms with Crippen LogP contribution >= 0.6 is 11.6 Å². The lowest BCUT2D eigenvalue weighted by Crippen LogP contribution is -2.40. The molecule has 0 spiro atoms. The average molecular weight is 266 g/mol. The lowest BCUT2D eigenvalue weighted by Gasteiger charge is -2.13. The molecule has 5 heteroatoms. The smallest absolute Gasteiger partial charge is 0.327 e. The van der Waals surface area contributed by atoms with Gasteiger partial charge in [-0.2, -0.15) is 0 Å². The van der Waals surface area contributed by atoms with E-state index in [0.29, 0.717) is 5.02 Å². The summed E-state index contributed by atoms with van der Waals surface area (Å²) in [5, 5.41) is 11.5. The van der Waals surface area contributed by atoms with Gasteiger partial charge < -0.3 is 10.4 Å². The second-order valence-electron chi connectivity index (χ2n) is 3.71. The van der Waals surface area contributed by atoms with Crippen LogP contribution in [0.1, 0.15) is 22.3 Å². The van der Waals surface area contributed by atoms with Crippen molar-refractivity contribution >= 4 is 23.5 Å². The number of rotatable bonds is 4. The Kier molecular flexibility index (Phi) is 4.75. The van der Waals surface area contributed by atoms with E-state index in [1.807, 2.05) is 0 Å². The summed E-state index contributed by atoms with van der Waals surface area (Å²) in [6.45, 7) is 1.76. The van der Waals surface area contributed by atoms with Crippen LogP contribution < -0.4 is 5.32 Å². The van der Waals surface area contributed by atoms with Gasteiger partial charge in [-0.05, 0) is 18.6 Å². The van der Waals surface area contributed by atoms with Crippen LogP contribution in [-0.4, -0.2) is 23.0 Å². The van der Waals surface area contributed by atoms with Gasteiger partial charge in [0.1, 0.15) is 6.04 Å². The molecular weight excluding hydrogens is 254 g/mol. The molecule has 1 rings (SSSR count). The van der Waals surface area contributed by atoms with Crippen LogP contribution in [0.25, 0.3) is 0 Å². The van der Waals surface area contributed by atoms with Gasteiger partial charge in [-0.1, -0.05) is 23.7 Å². The van der Waals surface area contributed by atoms with Crippen molar-refractivity contribution in [2.24, 2.45) is 0 Å². The molecule has 4 nitrogen and oxygen atoms in total. The van der Waals surface area contributed by atoms with Crippen molar-refractivity contribution in [2.75, 3.05) is 0 Å². The van der Waals surface area contributed by atoms with Crippen LogP contribution in [0.3, 0.4) is 0 Å². The van der Waals surface area contributed by atoms with Crippen LogP contribution in [-0.2, 0) is 4.79 Å². The Labute approximate surface area is 110 Å². The van der Waals surface area contributed by atoms with Gasteiger partial charge in [-0.25, -0.2) is 4.79 Å². The molecule has 1 unspecified atom stereocenters. The Morgan fingerprint density at radius 2 is 2.22 bits per heavy atom. The Bertz CT molecular complexity index is 519. The lowest BCUT2D eigenvalue weighted by atomic mass is 10.1. The number of nitrogens with one attached hydrogen (secondary N) is 1. The Morgan fingerprint density at radius 1 is 1.56 bits per heavy atom. The van der Waals surface area contributed by atoms with Crippen molar-refractivity contribution in [3.8, 4) is 12.3 Å². The van der Waals surface area contributed by atoms with Gasteiger partial charge in [0.15, 0.2) is 0 Å². The zero-order valence-electron chi connectivity index (χ0n) is 9.74. The van der Waals surface area contributed by atoms with E-state index in [4.69, 9.17) is 23.1 Å². The summed E-state index contributed by atoms with van der Waals surface area (Å²) < 4.78 is 0. The zero-order valence-corrected chi connectivity index (χ0v) is 10.5. The standard InChI is InChI=1S/C13H12ClNO3/c1-3-5-10(13(17)18)15-12(16)9-7-4-6-8(2)11(9)14/h1,4,6-7,10H,5H2,2H3,(H,15,16)(H,17,18). The number of aryl methyl sites for hydroxylation is 1. The first kappa shape index (κ1) is 14.1. The van der Waals surface area contributed by atoms with Crippen molar-refractivity contribution in [3.63, 3.8) is 0 Å². The average Bonchev–Trinajstić information content (AvgIpc) is 2.31. The number of carboxylic acid groups (broad SMARTS) is 1. The van der Waals surface area contributed by atoms with Gasteiger partial charge in [0.2, 0.25) is 0 Å². The highest BCUT2D eigenvalue weighted by molar-refractivity contribution is 6.34. The van der Waals surface area contributed by atoms with E-state index in [0.717, 1.165) is 5.56 Å². The minimum Gasteiger partial charge on any atom is -0.480 e. The summed E-state index contributed by atoms with van der Waals surface area (Å²) in [5.74, 6) is 0.478. The molecule has 1 amide bonds. The summed E-state index contributed by atoms with van der Waals surface area (Å²) in [7, 11) is 0. The molecule has 0 saturated heterocycles. The van der Waals surface area contributed by atoms with E-state index in [-0.39, 0.29) is 12.0 Å². The number of carboxylic acids is 1. The maximum absolute atomic E-state index is 11.9. The first-order valence-corrected chi connectivity index (χ1v) is 5.57. The molecule has 0 fully saturated rings. The molecule has 0 radical (unpaired) electrons. The Balaban J connectivity index is 2.91. The Hall–Kier alpha value is -1.99. The van der Waals surface area contributed by atoms with Gasteiger partial charge in [0, 0.05) is 6.42 Å². The summed E-state index contributed by atoms with van der Waals surface area (Å²) in [6, 6.07) is 3.85. The number of benzene rings is 1. The summed E-state index contributed by atoms with van der Waals surface area (Å²) >= 11 is 5.98. The summed E-state index contributed by atoms with van der Waals surface area (Å²) in [4.78, 5) is 22.7. The van der Waals surface area contributed by atoms with Crippen LogP contribution in [0, 0.1) is 19.3 Å². The molecule has 2 N–H and O–H groups in total. The number of hydrogen-bond donors (Lipinski definition) is 2. The highest BCUT2D eigenvalue weighted by atomic mass is 35.5. The van der Waals surface area contributed by atoms with Crippen molar-refractivity contribution in [2.45, 2.75) is 19.4 Å². The highest BCUT2D eigenvalue weighted by Gasteiger charge is 2.21. The normalized spacial score (nSPS) is 11.4. The fourth-order valence-corrected chi connectivity index (χ4v) is 1.59. The van der Waals surface area contributed by atoms with E-state index in [1.165, 1.54) is 6.07 Å². The molecule has 0 aliphatic carbocycles. The van der Waals surface area contributed by atoms with Gasteiger partial charge in [-0.3, -0.25) is 4.79 Å². The van der Waals surface area contributed by atoms with E-state index in [2.05, 4.69) is 11.2 Å². The first-order valence-electron chi connectivity index (χ1n) is 5.19. The molecule has 94 valence electrons. The van der Waals surface area contributed by atoms with E-state index >= 15 is 0 Å². The molecule has 0 heterocycles. The topological polar surface area (TPSA) is 66.4 Å². The van der Waals surface area contributed by atoms with Crippen LogP contribution in [0.4, 0.5) is 0 Å². The number of terminal acetylenes is 1. The van der Waals surface area contributed by atoms with Crippen molar-refractivity contribution in [1.82, 2.24) is 5.32 Å². The molecular formula is C13H12ClNO3. The molecule has 0 aliphatic heterocycles. The number of carbonyl (C=O) groups excluding carboxylic acids is 1. The number of amides is 1. The minimum atomic E-state index is -1.18. The molecule has 1 atom stereocenters. The van der Waals surface area contributed by atoms with Gasteiger partial charge in [0.25, 0.3) is 5.91 Å². The quantitative estimate of drug-likeness (QED) is 0.817. The monoisotopic (exact) mass is 265 g/mol. The lowest BCUT2D eigenvalue weighted by molar-refractivity contribution is -0.139. The van der Waals surface area contributed by atoms with Crippen LogP contribution in [0.15, 0.2) is 18.2 Å². The third kappa shape index (κ3) is 3.25. The SMILES string of the molecule is C#CCC(NC(=O)c1cccc(C)c1Cl)C(=O)O. The summed E-state index contributed by atoms with van der Waals surface area (Å²) in [5.41, 5.74) is 0.980. The van der Waals surface area contributed by atoms with Crippen molar-refractivity contribution in [3.05, 3.63) is 34.3 Å². The highest BCUT2D eigenvalue weighted by Crippen LogP contribution is 2.20. The van der Waals surface area contributed by atoms with Crippen molar-refractivity contribution in [1.29, 1.82) is 0 Å². The predicted octanol–water partition coefficient (Wildman–Crippen LogP) is 1.85. The molecule has 0 bridgehead atoms. The molecule has 1 aromatic rings. The maximum atomic E-state index is 11.9. The fourth-order valence-electron chi connectivity index (χ4n) is 1.38. The predicted molar refractivity (Wildman–Crippen MR) is 68.5 cm³/mol. The number of aliphatic carboxylic acids is 1. The second kappa shape index (κ2) is 6.08. The van der Waals surface area contributed by atoms with Gasteiger partial charge in [-0.15, -0.1) is 12.3 Å². The maximum Gasteiger partial charge on any atom is 0.327 e. The molecule has 0 saturated carbocycles. The molecule has 18 heavy (non-hydrogen) atoms. The molecule has 1 aromatic carbocycles. The Morgan fingerprint density at radius 3 is 2.78 bits per heavy atom. The van der Waals surface area contributed by atoms with E-state index in [1.54, 1.807) is 19.1 Å². The first-order chi connectivity index (χ1) is 8.47. The third-order valence-corrected chi connectivity index (χ3v) is 2.86. The zero-order chi connectivity index (χ0) is 13.7. The van der Waals surface area contributed by atoms with E-state index in [9.17, 15) is 9.59 Å². The van der Waals surface area contributed by atoms with Crippen LogP contribution in [0.2, 0.25) is 5.02 Å². The van der Waals surface area contributed by atoms with Crippen LogP contribution in [0.5, 0.6) is 0 Å². The molecule has 0 aromatic heterocycles. The minimum absolute atomic E-state index is 0.0789. The number of hydrogen-bond acceptors (Lipinski definition) is 2. The molecule has 0 aliphatic rings.